The van der Waals surface area contributed by atoms with Crippen LogP contribution in [-0.4, -0.2) is 32.1 Å². The van der Waals surface area contributed by atoms with Crippen LogP contribution in [0.15, 0.2) is 0 Å². The first-order chi connectivity index (χ1) is 5.37. The molecule has 0 aromatic heterocycles. The maximum absolute atomic E-state index is 10.8. The summed E-state index contributed by atoms with van der Waals surface area (Å²) >= 11 is -2.40. The molecule has 0 aromatic carbocycles. The van der Waals surface area contributed by atoms with Crippen LogP contribution in [0.3, 0.4) is 0 Å². The number of rotatable bonds is 4. The van der Waals surface area contributed by atoms with E-state index in [9.17, 15) is 13.6 Å². The SMILES string of the molecule is CC(C)C(C(N)=O)N(C)S(=O)[O-]. The summed E-state index contributed by atoms with van der Waals surface area (Å²) in [4.78, 5) is 10.8. The van der Waals surface area contributed by atoms with Crippen molar-refractivity contribution in [2.75, 3.05) is 7.05 Å². The van der Waals surface area contributed by atoms with Crippen molar-refractivity contribution in [2.24, 2.45) is 11.7 Å². The van der Waals surface area contributed by atoms with Crippen molar-refractivity contribution in [1.29, 1.82) is 0 Å². The van der Waals surface area contributed by atoms with Gasteiger partial charge in [0.25, 0.3) is 0 Å². The van der Waals surface area contributed by atoms with Crippen molar-refractivity contribution in [3.05, 3.63) is 0 Å². The molecule has 0 rings (SSSR count). The Morgan fingerprint density at radius 1 is 1.58 bits per heavy atom. The summed E-state index contributed by atoms with van der Waals surface area (Å²) in [5, 5.41) is 0. The van der Waals surface area contributed by atoms with E-state index in [1.54, 1.807) is 13.8 Å². The van der Waals surface area contributed by atoms with Crippen LogP contribution in [0.25, 0.3) is 0 Å². The lowest BCUT2D eigenvalue weighted by Gasteiger charge is -2.29. The number of nitrogens with zero attached hydrogens (tertiary/aromatic N) is 1. The lowest BCUT2D eigenvalue weighted by molar-refractivity contribution is -0.122. The molecule has 2 unspecified atom stereocenters. The Labute approximate surface area is 74.3 Å². The average Bonchev–Trinajstić information content (AvgIpc) is 1.85. The smallest absolute Gasteiger partial charge is 0.235 e. The molecule has 2 atom stereocenters. The average molecular weight is 193 g/mol. The molecule has 0 heterocycles. The van der Waals surface area contributed by atoms with Crippen molar-refractivity contribution >= 4 is 17.2 Å². The second kappa shape index (κ2) is 4.54. The minimum absolute atomic E-state index is 0.120. The van der Waals surface area contributed by atoms with E-state index in [1.807, 2.05) is 0 Å². The topological polar surface area (TPSA) is 86.5 Å². The van der Waals surface area contributed by atoms with Gasteiger partial charge in [0.1, 0.15) is 6.04 Å². The molecule has 0 bridgehead atoms. The van der Waals surface area contributed by atoms with Crippen LogP contribution in [0, 0.1) is 5.92 Å². The number of likely N-dealkylation sites (N-methyl/N-ethyl adjacent to an activating group) is 1. The van der Waals surface area contributed by atoms with Crippen molar-refractivity contribution in [2.45, 2.75) is 19.9 Å². The summed E-state index contributed by atoms with van der Waals surface area (Å²) in [6.07, 6.45) is 0. The number of hydrogen-bond donors (Lipinski definition) is 1. The van der Waals surface area contributed by atoms with Crippen LogP contribution in [-0.2, 0) is 16.1 Å². The Hall–Kier alpha value is -0.460. The van der Waals surface area contributed by atoms with Gasteiger partial charge in [-0.1, -0.05) is 13.8 Å². The lowest BCUT2D eigenvalue weighted by atomic mass is 10.0. The van der Waals surface area contributed by atoms with Crippen LogP contribution in [0.2, 0.25) is 0 Å². The van der Waals surface area contributed by atoms with Crippen LogP contribution >= 0.6 is 0 Å². The first-order valence-corrected chi connectivity index (χ1v) is 4.52. The summed E-state index contributed by atoms with van der Waals surface area (Å²) < 4.78 is 21.9. The first-order valence-electron chi connectivity index (χ1n) is 3.49. The van der Waals surface area contributed by atoms with Crippen molar-refractivity contribution < 1.29 is 13.6 Å². The normalized spacial score (nSPS) is 16.5. The molecule has 12 heavy (non-hydrogen) atoms. The molecule has 72 valence electrons. The quantitative estimate of drug-likeness (QED) is 0.594. The Balaban J connectivity index is 4.51. The Morgan fingerprint density at radius 2 is 2.00 bits per heavy atom. The highest BCUT2D eigenvalue weighted by molar-refractivity contribution is 7.76. The third kappa shape index (κ3) is 2.88. The Bertz CT molecular complexity index is 195. The number of nitrogens with two attached hydrogens (primary N) is 1. The largest absolute Gasteiger partial charge is 0.760 e. The molecule has 0 aliphatic carbocycles. The monoisotopic (exact) mass is 193 g/mol. The molecule has 0 fully saturated rings. The maximum atomic E-state index is 10.8. The lowest BCUT2D eigenvalue weighted by Crippen LogP contribution is -2.46. The zero-order chi connectivity index (χ0) is 9.89. The van der Waals surface area contributed by atoms with Gasteiger partial charge in [-0.25, -0.2) is 4.31 Å². The summed E-state index contributed by atoms with van der Waals surface area (Å²) in [6.45, 7) is 3.47. The zero-order valence-corrected chi connectivity index (χ0v) is 8.13. The van der Waals surface area contributed by atoms with Gasteiger partial charge < -0.3 is 10.3 Å². The highest BCUT2D eigenvalue weighted by Gasteiger charge is 2.24. The van der Waals surface area contributed by atoms with E-state index in [-0.39, 0.29) is 5.92 Å². The van der Waals surface area contributed by atoms with Gasteiger partial charge in [-0.2, -0.15) is 0 Å². The highest BCUT2D eigenvalue weighted by Crippen LogP contribution is 2.09. The van der Waals surface area contributed by atoms with Gasteiger partial charge in [-0.3, -0.25) is 9.00 Å². The van der Waals surface area contributed by atoms with Crippen LogP contribution in [0.4, 0.5) is 0 Å². The Kier molecular flexibility index (Phi) is 4.36. The fourth-order valence-corrected chi connectivity index (χ4v) is 1.55. The predicted octanol–water partition coefficient (Wildman–Crippen LogP) is -0.778. The standard InChI is InChI=1S/C6H14N2O3S/c1-4(2)5(6(7)9)8(3)12(10)11/h4-5H,1-3H3,(H2,7,9)(H,10,11)/p-1. The predicted molar refractivity (Wildman–Crippen MR) is 44.5 cm³/mol. The molecule has 6 heteroatoms. The van der Waals surface area contributed by atoms with Crippen LogP contribution in [0.1, 0.15) is 13.8 Å². The van der Waals surface area contributed by atoms with E-state index < -0.39 is 23.2 Å². The fourth-order valence-electron chi connectivity index (χ4n) is 1.02. The van der Waals surface area contributed by atoms with Crippen LogP contribution in [0.5, 0.6) is 0 Å². The number of carbonyl (C=O) groups is 1. The number of amides is 1. The molecule has 0 spiro atoms. The van der Waals surface area contributed by atoms with E-state index in [4.69, 9.17) is 5.73 Å². The minimum Gasteiger partial charge on any atom is -0.760 e. The minimum atomic E-state index is -2.40. The number of carbonyl (C=O) groups excluding carboxylic acids is 1. The summed E-state index contributed by atoms with van der Waals surface area (Å²) in [6, 6.07) is -0.761. The van der Waals surface area contributed by atoms with E-state index >= 15 is 0 Å². The summed E-state index contributed by atoms with van der Waals surface area (Å²) in [7, 11) is 1.32. The van der Waals surface area contributed by atoms with Gasteiger partial charge in [-0.05, 0) is 13.0 Å². The second-order valence-electron chi connectivity index (χ2n) is 2.85. The van der Waals surface area contributed by atoms with Crippen molar-refractivity contribution in [1.82, 2.24) is 4.31 Å². The molecule has 0 radical (unpaired) electrons. The molecule has 0 saturated carbocycles. The van der Waals surface area contributed by atoms with E-state index in [1.165, 1.54) is 7.05 Å². The van der Waals surface area contributed by atoms with Gasteiger partial charge in [0.2, 0.25) is 5.91 Å². The molecule has 0 aliphatic rings. The van der Waals surface area contributed by atoms with Gasteiger partial charge in [0, 0.05) is 11.3 Å². The summed E-state index contributed by atoms with van der Waals surface area (Å²) in [5.74, 6) is -0.748. The van der Waals surface area contributed by atoms with Crippen molar-refractivity contribution in [3.8, 4) is 0 Å². The van der Waals surface area contributed by atoms with Crippen LogP contribution < -0.4 is 5.73 Å². The molecule has 0 aromatic rings. The summed E-state index contributed by atoms with van der Waals surface area (Å²) in [5.41, 5.74) is 5.02. The molecular formula is C6H13N2O3S-. The van der Waals surface area contributed by atoms with Gasteiger partial charge in [-0.15, -0.1) is 0 Å². The van der Waals surface area contributed by atoms with E-state index in [0.717, 1.165) is 4.31 Å². The molecule has 2 N–H and O–H groups in total. The van der Waals surface area contributed by atoms with Gasteiger partial charge >= 0.3 is 0 Å². The molecular weight excluding hydrogens is 180 g/mol. The molecule has 0 aliphatic heterocycles. The Morgan fingerprint density at radius 3 is 2.08 bits per heavy atom. The van der Waals surface area contributed by atoms with E-state index in [0.29, 0.717) is 0 Å². The number of hydrogen-bond acceptors (Lipinski definition) is 3. The maximum Gasteiger partial charge on any atom is 0.235 e. The molecule has 1 amide bonds. The van der Waals surface area contributed by atoms with Crippen molar-refractivity contribution in [3.63, 3.8) is 0 Å². The molecule has 5 nitrogen and oxygen atoms in total. The van der Waals surface area contributed by atoms with E-state index in [2.05, 4.69) is 0 Å². The van der Waals surface area contributed by atoms with Gasteiger partial charge in [0.05, 0.1) is 0 Å². The first kappa shape index (κ1) is 11.5. The highest BCUT2D eigenvalue weighted by atomic mass is 32.2. The van der Waals surface area contributed by atoms with Gasteiger partial charge in [0.15, 0.2) is 0 Å². The second-order valence-corrected chi connectivity index (χ2v) is 3.86. The third-order valence-electron chi connectivity index (χ3n) is 1.55. The zero-order valence-electron chi connectivity index (χ0n) is 7.31. The fraction of sp³-hybridized carbons (Fsp3) is 0.833. The molecule has 0 saturated heterocycles. The number of primary amides is 1. The third-order valence-corrected chi connectivity index (χ3v) is 2.25.